The minimum absolute atomic E-state index is 0.0177. The molecule has 0 spiro atoms. The monoisotopic (exact) mass is 296 g/mol. The normalized spacial score (nSPS) is 22.3. The highest BCUT2D eigenvalue weighted by atomic mass is 35.5. The highest BCUT2D eigenvalue weighted by Crippen LogP contribution is 2.35. The van der Waals surface area contributed by atoms with Crippen molar-refractivity contribution in [3.8, 4) is 0 Å². The number of ether oxygens (including phenoxy) is 1. The summed E-state index contributed by atoms with van der Waals surface area (Å²) in [5.41, 5.74) is 0.975. The van der Waals surface area contributed by atoms with Gasteiger partial charge in [-0.3, -0.25) is 4.79 Å². The average Bonchev–Trinajstić information content (AvgIpc) is 2.43. The molecule has 1 aromatic carbocycles. The zero-order valence-corrected chi connectivity index (χ0v) is 12.0. The van der Waals surface area contributed by atoms with Crippen molar-refractivity contribution in [1.82, 2.24) is 0 Å². The second-order valence-electron chi connectivity index (χ2n) is 5.13. The molecule has 0 saturated heterocycles. The Morgan fingerprint density at radius 2 is 2.10 bits per heavy atom. The Morgan fingerprint density at radius 1 is 1.40 bits per heavy atom. The standard InChI is InChI=1S/C16H18ClFO2/c1-2-3-16(19)20-13-7-4-11(5-8-13)12-6-9-14(17)15(18)10-12/h2,6,9-11,13H,1,3-5,7-8H2/t11-,13-. The lowest BCUT2D eigenvalue weighted by Gasteiger charge is -2.28. The van der Waals surface area contributed by atoms with Crippen LogP contribution in [0.3, 0.4) is 0 Å². The summed E-state index contributed by atoms with van der Waals surface area (Å²) >= 11 is 5.69. The molecule has 0 radical (unpaired) electrons. The van der Waals surface area contributed by atoms with Crippen LogP contribution in [-0.4, -0.2) is 12.1 Å². The predicted molar refractivity (Wildman–Crippen MR) is 77.3 cm³/mol. The smallest absolute Gasteiger partial charge is 0.309 e. The second kappa shape index (κ2) is 6.89. The first kappa shape index (κ1) is 15.0. The van der Waals surface area contributed by atoms with Gasteiger partial charge in [-0.25, -0.2) is 4.39 Å². The van der Waals surface area contributed by atoms with E-state index in [0.717, 1.165) is 31.2 Å². The first-order valence-corrected chi connectivity index (χ1v) is 7.23. The predicted octanol–water partition coefficient (Wildman–Crippen LogP) is 4.62. The van der Waals surface area contributed by atoms with Crippen LogP contribution in [0.25, 0.3) is 0 Å². The molecule has 0 aliphatic heterocycles. The maximum absolute atomic E-state index is 13.5. The third-order valence-electron chi connectivity index (χ3n) is 3.70. The Balaban J connectivity index is 1.89. The molecule has 1 saturated carbocycles. The number of halogens is 2. The van der Waals surface area contributed by atoms with Crippen molar-refractivity contribution in [3.63, 3.8) is 0 Å². The van der Waals surface area contributed by atoms with Crippen LogP contribution in [0.2, 0.25) is 5.02 Å². The summed E-state index contributed by atoms with van der Waals surface area (Å²) in [6.45, 7) is 3.51. The quantitative estimate of drug-likeness (QED) is 0.598. The van der Waals surface area contributed by atoms with Crippen molar-refractivity contribution in [3.05, 3.63) is 47.3 Å². The molecule has 108 valence electrons. The van der Waals surface area contributed by atoms with E-state index in [4.69, 9.17) is 16.3 Å². The molecular formula is C16H18ClFO2. The van der Waals surface area contributed by atoms with Crippen LogP contribution >= 0.6 is 11.6 Å². The number of benzene rings is 1. The van der Waals surface area contributed by atoms with Gasteiger partial charge in [0.2, 0.25) is 0 Å². The van der Waals surface area contributed by atoms with Gasteiger partial charge in [0.05, 0.1) is 11.4 Å². The van der Waals surface area contributed by atoms with E-state index >= 15 is 0 Å². The van der Waals surface area contributed by atoms with Crippen molar-refractivity contribution in [2.24, 2.45) is 0 Å². The van der Waals surface area contributed by atoms with E-state index in [-0.39, 0.29) is 29.3 Å². The van der Waals surface area contributed by atoms with Crippen LogP contribution in [0.5, 0.6) is 0 Å². The number of rotatable bonds is 4. The molecule has 20 heavy (non-hydrogen) atoms. The molecule has 2 nitrogen and oxygen atoms in total. The lowest BCUT2D eigenvalue weighted by atomic mass is 9.83. The minimum Gasteiger partial charge on any atom is -0.462 e. The van der Waals surface area contributed by atoms with E-state index in [1.54, 1.807) is 12.1 Å². The Morgan fingerprint density at radius 3 is 2.70 bits per heavy atom. The van der Waals surface area contributed by atoms with Crippen molar-refractivity contribution in [2.45, 2.75) is 44.1 Å². The van der Waals surface area contributed by atoms with Gasteiger partial charge in [-0.15, -0.1) is 6.58 Å². The van der Waals surface area contributed by atoms with Crippen LogP contribution in [0.4, 0.5) is 4.39 Å². The third-order valence-corrected chi connectivity index (χ3v) is 4.00. The zero-order chi connectivity index (χ0) is 14.5. The van der Waals surface area contributed by atoms with Crippen LogP contribution in [0.1, 0.15) is 43.6 Å². The molecule has 0 amide bonds. The van der Waals surface area contributed by atoms with Gasteiger partial charge >= 0.3 is 5.97 Å². The van der Waals surface area contributed by atoms with Gasteiger partial charge in [0.25, 0.3) is 0 Å². The third kappa shape index (κ3) is 3.83. The molecule has 1 aliphatic rings. The fourth-order valence-electron chi connectivity index (χ4n) is 2.63. The Bertz CT molecular complexity index is 493. The maximum Gasteiger partial charge on any atom is 0.309 e. The van der Waals surface area contributed by atoms with Crippen molar-refractivity contribution in [2.75, 3.05) is 0 Å². The summed E-state index contributed by atoms with van der Waals surface area (Å²) in [6.07, 6.45) is 5.21. The first-order valence-electron chi connectivity index (χ1n) is 6.85. The summed E-state index contributed by atoms with van der Waals surface area (Å²) in [7, 11) is 0. The minimum atomic E-state index is -0.372. The molecule has 1 aliphatic carbocycles. The topological polar surface area (TPSA) is 26.3 Å². The number of carbonyl (C=O) groups excluding carboxylic acids is 1. The van der Waals surface area contributed by atoms with Crippen molar-refractivity contribution in [1.29, 1.82) is 0 Å². The number of esters is 1. The summed E-state index contributed by atoms with van der Waals surface area (Å²) in [5.74, 6) is -0.277. The lowest BCUT2D eigenvalue weighted by Crippen LogP contribution is -2.23. The molecule has 0 bridgehead atoms. The van der Waals surface area contributed by atoms with Gasteiger partial charge in [0.15, 0.2) is 0 Å². The fraction of sp³-hybridized carbons (Fsp3) is 0.438. The molecule has 0 atom stereocenters. The largest absolute Gasteiger partial charge is 0.462 e. The zero-order valence-electron chi connectivity index (χ0n) is 11.3. The van der Waals surface area contributed by atoms with Crippen LogP contribution < -0.4 is 0 Å². The van der Waals surface area contributed by atoms with Gasteiger partial charge in [0, 0.05) is 0 Å². The van der Waals surface area contributed by atoms with E-state index in [1.807, 2.05) is 6.07 Å². The van der Waals surface area contributed by atoms with Gasteiger partial charge in [-0.05, 0) is 49.3 Å². The van der Waals surface area contributed by atoms with E-state index < -0.39 is 0 Å². The molecule has 0 N–H and O–H groups in total. The number of carbonyl (C=O) groups is 1. The van der Waals surface area contributed by atoms with E-state index in [0.29, 0.717) is 5.92 Å². The number of hydrogen-bond donors (Lipinski definition) is 0. The maximum atomic E-state index is 13.5. The summed E-state index contributed by atoms with van der Waals surface area (Å²) in [5, 5.41) is 0.154. The fourth-order valence-corrected chi connectivity index (χ4v) is 2.75. The van der Waals surface area contributed by atoms with Gasteiger partial charge in [-0.1, -0.05) is 23.7 Å². The van der Waals surface area contributed by atoms with E-state index in [2.05, 4.69) is 6.58 Å². The Hall–Kier alpha value is -1.35. The Labute approximate surface area is 123 Å². The SMILES string of the molecule is C=CCC(=O)O[C@H]1CC[C@H](c2ccc(Cl)c(F)c2)CC1. The molecule has 4 heteroatoms. The summed E-state index contributed by atoms with van der Waals surface area (Å²) < 4.78 is 18.8. The van der Waals surface area contributed by atoms with Gasteiger partial charge in [0.1, 0.15) is 11.9 Å². The summed E-state index contributed by atoms with van der Waals surface area (Å²) in [6, 6.07) is 4.99. The number of hydrogen-bond acceptors (Lipinski definition) is 2. The van der Waals surface area contributed by atoms with Crippen LogP contribution in [0, 0.1) is 5.82 Å². The van der Waals surface area contributed by atoms with Crippen LogP contribution in [0.15, 0.2) is 30.9 Å². The molecule has 0 unspecified atom stereocenters. The van der Waals surface area contributed by atoms with Crippen molar-refractivity contribution >= 4 is 17.6 Å². The lowest BCUT2D eigenvalue weighted by molar-refractivity contribution is -0.149. The highest BCUT2D eigenvalue weighted by Gasteiger charge is 2.25. The first-order chi connectivity index (χ1) is 9.60. The molecule has 0 heterocycles. The average molecular weight is 297 g/mol. The Kier molecular flexibility index (Phi) is 5.18. The van der Waals surface area contributed by atoms with Crippen molar-refractivity contribution < 1.29 is 13.9 Å². The molecule has 2 rings (SSSR count). The highest BCUT2D eigenvalue weighted by molar-refractivity contribution is 6.30. The van der Waals surface area contributed by atoms with E-state index in [1.165, 1.54) is 6.07 Å². The molecular weight excluding hydrogens is 279 g/mol. The van der Waals surface area contributed by atoms with E-state index in [9.17, 15) is 9.18 Å². The van der Waals surface area contributed by atoms with Gasteiger partial charge in [-0.2, -0.15) is 0 Å². The molecule has 0 aromatic heterocycles. The van der Waals surface area contributed by atoms with Crippen LogP contribution in [-0.2, 0) is 9.53 Å². The second-order valence-corrected chi connectivity index (χ2v) is 5.54. The van der Waals surface area contributed by atoms with Gasteiger partial charge < -0.3 is 4.74 Å². The summed E-state index contributed by atoms with van der Waals surface area (Å²) in [4.78, 5) is 11.4. The molecule has 1 aromatic rings. The molecule has 1 fully saturated rings.